The van der Waals surface area contributed by atoms with E-state index in [1.807, 2.05) is 0 Å². The van der Waals surface area contributed by atoms with Crippen LogP contribution < -0.4 is 10.5 Å². The van der Waals surface area contributed by atoms with Gasteiger partial charge in [0.05, 0.1) is 4.21 Å². The Morgan fingerprint density at radius 1 is 1.56 bits per heavy atom. The number of nitrogens with one attached hydrogen (secondary N) is 1. The number of unbranched alkanes of at least 4 members (excludes halogenated alkanes) is 1. The number of primary sulfonamides is 1. The van der Waals surface area contributed by atoms with Crippen molar-refractivity contribution in [1.29, 1.82) is 0 Å². The number of nitrogens with two attached hydrogens (primary N) is 1. The van der Waals surface area contributed by atoms with Crippen LogP contribution in [-0.4, -0.2) is 20.7 Å². The molecule has 0 aliphatic carbocycles. The molecule has 0 saturated heterocycles. The van der Waals surface area contributed by atoms with Gasteiger partial charge in [0, 0.05) is 11.8 Å². The van der Waals surface area contributed by atoms with Gasteiger partial charge in [0.25, 0.3) is 0 Å². The molecule has 0 radical (unpaired) electrons. The molecule has 7 heteroatoms. The van der Waals surface area contributed by atoms with Crippen molar-refractivity contribution in [3.05, 3.63) is 11.6 Å². The van der Waals surface area contributed by atoms with Crippen molar-refractivity contribution in [2.75, 3.05) is 12.3 Å². The molecular weight excluding hydrogens is 288 g/mol. The summed E-state index contributed by atoms with van der Waals surface area (Å²) in [6, 6.07) is 2.02. The summed E-state index contributed by atoms with van der Waals surface area (Å²) in [4.78, 5) is 0. The first-order valence-corrected chi connectivity index (χ1v) is 9.40. The summed E-state index contributed by atoms with van der Waals surface area (Å²) in [5.74, 6) is 1.03. The molecule has 0 saturated carbocycles. The minimum atomic E-state index is -3.57. The van der Waals surface area contributed by atoms with Crippen molar-refractivity contribution in [2.24, 2.45) is 5.14 Å². The normalized spacial score (nSPS) is 19.8. The highest BCUT2D eigenvalue weighted by atomic mass is 32.3. The quantitative estimate of drug-likeness (QED) is 0.819. The van der Waals surface area contributed by atoms with Crippen LogP contribution in [0.15, 0.2) is 14.5 Å². The second kappa shape index (κ2) is 5.92. The lowest BCUT2D eigenvalue weighted by Gasteiger charge is -2.23. The van der Waals surface area contributed by atoms with Crippen LogP contribution >= 0.6 is 23.1 Å². The third-order valence-electron chi connectivity index (χ3n) is 2.92. The van der Waals surface area contributed by atoms with Gasteiger partial charge >= 0.3 is 0 Å². The van der Waals surface area contributed by atoms with Gasteiger partial charge in [-0.25, -0.2) is 13.6 Å². The Hall–Kier alpha value is -0.0800. The number of hydrogen-bond donors (Lipinski definition) is 2. The summed E-state index contributed by atoms with van der Waals surface area (Å²) in [6.45, 7) is 3.14. The van der Waals surface area contributed by atoms with Gasteiger partial charge in [-0.05, 0) is 31.0 Å². The maximum atomic E-state index is 11.4. The van der Waals surface area contributed by atoms with Crippen LogP contribution in [0, 0.1) is 0 Å². The van der Waals surface area contributed by atoms with E-state index in [-0.39, 0.29) is 10.3 Å². The Morgan fingerprint density at radius 3 is 3.00 bits per heavy atom. The SMILES string of the molecule is CCCCNC1CCSc2sc(S(N)(=O)=O)cc21. The fourth-order valence-corrected chi connectivity index (χ4v) is 5.47. The molecular formula is C11H18N2O2S3. The molecule has 1 unspecified atom stereocenters. The van der Waals surface area contributed by atoms with Crippen molar-refractivity contribution in [2.45, 2.75) is 40.6 Å². The first-order chi connectivity index (χ1) is 8.52. The van der Waals surface area contributed by atoms with Gasteiger partial charge in [0.2, 0.25) is 10.0 Å². The molecule has 0 spiro atoms. The Bertz CT molecular complexity index is 510. The molecule has 2 rings (SSSR count). The van der Waals surface area contributed by atoms with Crippen molar-refractivity contribution < 1.29 is 8.42 Å². The monoisotopic (exact) mass is 306 g/mol. The van der Waals surface area contributed by atoms with Gasteiger partial charge in [0.1, 0.15) is 4.21 Å². The number of rotatable bonds is 5. The number of thioether (sulfide) groups is 1. The highest BCUT2D eigenvalue weighted by molar-refractivity contribution is 8.01. The fourth-order valence-electron chi connectivity index (χ4n) is 1.95. The zero-order valence-electron chi connectivity index (χ0n) is 10.3. The van der Waals surface area contributed by atoms with E-state index in [2.05, 4.69) is 12.2 Å². The maximum Gasteiger partial charge on any atom is 0.247 e. The predicted octanol–water partition coefficient (Wildman–Crippen LogP) is 2.32. The van der Waals surface area contributed by atoms with Crippen molar-refractivity contribution >= 4 is 33.1 Å². The Morgan fingerprint density at radius 2 is 2.33 bits per heavy atom. The molecule has 0 bridgehead atoms. The number of fused-ring (bicyclic) bond motifs is 1. The lowest BCUT2D eigenvalue weighted by Crippen LogP contribution is -2.24. The topological polar surface area (TPSA) is 72.2 Å². The van der Waals surface area contributed by atoms with Gasteiger partial charge < -0.3 is 5.32 Å². The first-order valence-electron chi connectivity index (χ1n) is 6.05. The zero-order valence-corrected chi connectivity index (χ0v) is 12.8. The minimum Gasteiger partial charge on any atom is -0.310 e. The van der Waals surface area contributed by atoms with Gasteiger partial charge in [-0.15, -0.1) is 23.1 Å². The average molecular weight is 306 g/mol. The van der Waals surface area contributed by atoms with E-state index >= 15 is 0 Å². The molecule has 0 amide bonds. The van der Waals surface area contributed by atoms with Gasteiger partial charge in [-0.2, -0.15) is 0 Å². The van der Waals surface area contributed by atoms with Crippen LogP contribution in [0.1, 0.15) is 37.8 Å². The third kappa shape index (κ3) is 3.27. The summed E-state index contributed by atoms with van der Waals surface area (Å²) in [6.07, 6.45) is 3.35. The van der Waals surface area contributed by atoms with E-state index in [0.717, 1.165) is 41.3 Å². The predicted molar refractivity (Wildman–Crippen MR) is 76.7 cm³/mol. The van der Waals surface area contributed by atoms with Crippen LogP contribution in [0.4, 0.5) is 0 Å². The molecule has 1 aliphatic heterocycles. The molecule has 1 aliphatic rings. The number of sulfonamides is 1. The average Bonchev–Trinajstić information content (AvgIpc) is 2.73. The summed E-state index contributed by atoms with van der Waals surface area (Å²) >= 11 is 3.02. The van der Waals surface area contributed by atoms with Crippen LogP contribution in [-0.2, 0) is 10.0 Å². The van der Waals surface area contributed by atoms with E-state index in [1.54, 1.807) is 17.8 Å². The van der Waals surface area contributed by atoms with E-state index in [1.165, 1.54) is 11.3 Å². The molecule has 2 heterocycles. The minimum absolute atomic E-state index is 0.277. The van der Waals surface area contributed by atoms with Crippen molar-refractivity contribution in [3.8, 4) is 0 Å². The lowest BCUT2D eigenvalue weighted by molar-refractivity contribution is 0.502. The van der Waals surface area contributed by atoms with Gasteiger partial charge in [-0.3, -0.25) is 0 Å². The smallest absolute Gasteiger partial charge is 0.247 e. The van der Waals surface area contributed by atoms with Crippen LogP contribution in [0.2, 0.25) is 0 Å². The molecule has 3 N–H and O–H groups in total. The highest BCUT2D eigenvalue weighted by Gasteiger charge is 2.25. The molecule has 1 atom stereocenters. The van der Waals surface area contributed by atoms with E-state index < -0.39 is 10.0 Å². The molecule has 0 aromatic carbocycles. The summed E-state index contributed by atoms with van der Waals surface area (Å²) in [5.41, 5.74) is 1.11. The zero-order chi connectivity index (χ0) is 13.2. The number of thiophene rings is 1. The van der Waals surface area contributed by atoms with E-state index in [4.69, 9.17) is 5.14 Å². The summed E-state index contributed by atoms with van der Waals surface area (Å²) < 4.78 is 24.1. The molecule has 1 aromatic heterocycles. The standard InChI is InChI=1S/C11H18N2O2S3/c1-2-3-5-13-9-4-6-16-11-8(9)7-10(17-11)18(12,14)15/h7,9,13H,2-6H2,1H3,(H2,12,14,15). The molecule has 1 aromatic rings. The van der Waals surface area contributed by atoms with E-state index in [9.17, 15) is 8.42 Å². The molecule has 18 heavy (non-hydrogen) atoms. The summed E-state index contributed by atoms with van der Waals surface area (Å²) in [5, 5.41) is 8.69. The second-order valence-corrected chi connectivity index (χ2v) is 8.55. The van der Waals surface area contributed by atoms with Gasteiger partial charge in [-0.1, -0.05) is 13.3 Å². The first kappa shape index (κ1) is 14.3. The highest BCUT2D eigenvalue weighted by Crippen LogP contribution is 2.42. The Labute approximate surface area is 116 Å². The van der Waals surface area contributed by atoms with Crippen molar-refractivity contribution in [1.82, 2.24) is 5.32 Å². The van der Waals surface area contributed by atoms with Gasteiger partial charge in [0.15, 0.2) is 0 Å². The van der Waals surface area contributed by atoms with Crippen molar-refractivity contribution in [3.63, 3.8) is 0 Å². The number of hydrogen-bond acceptors (Lipinski definition) is 5. The molecule has 4 nitrogen and oxygen atoms in total. The second-order valence-electron chi connectivity index (χ2n) is 4.35. The fraction of sp³-hybridized carbons (Fsp3) is 0.636. The van der Waals surface area contributed by atoms with Crippen LogP contribution in [0.5, 0.6) is 0 Å². The van der Waals surface area contributed by atoms with Crippen LogP contribution in [0.25, 0.3) is 0 Å². The summed E-state index contributed by atoms with van der Waals surface area (Å²) in [7, 11) is -3.57. The molecule has 102 valence electrons. The third-order valence-corrected chi connectivity index (χ3v) is 6.83. The van der Waals surface area contributed by atoms with E-state index in [0.29, 0.717) is 0 Å². The largest absolute Gasteiger partial charge is 0.310 e. The van der Waals surface area contributed by atoms with Crippen LogP contribution in [0.3, 0.4) is 0 Å². The lowest BCUT2D eigenvalue weighted by atomic mass is 10.1. The Kier molecular flexibility index (Phi) is 4.71. The Balaban J connectivity index is 2.18. The maximum absolute atomic E-state index is 11.4. The molecule has 0 fully saturated rings.